The predicted octanol–water partition coefficient (Wildman–Crippen LogP) is 2.50. The Morgan fingerprint density at radius 3 is 2.65 bits per heavy atom. The maximum atomic E-state index is 12.6. The number of rotatable bonds is 9. The minimum Gasteiger partial charge on any atom is -0.374 e. The van der Waals surface area contributed by atoms with Gasteiger partial charge < -0.3 is 10.1 Å². The van der Waals surface area contributed by atoms with E-state index >= 15 is 0 Å². The third-order valence-electron chi connectivity index (χ3n) is 6.00. The van der Waals surface area contributed by atoms with Crippen LogP contribution in [0.5, 0.6) is 0 Å². The second-order valence-corrected chi connectivity index (χ2v) is 9.11. The summed E-state index contributed by atoms with van der Waals surface area (Å²) in [6.07, 6.45) is 9.42. The SMILES string of the molecule is CC(C)CN1CCOC(CNC(=O)CN(CC2CC2)C2CCCCC2)C1. The normalized spacial score (nSPS) is 25.8. The molecule has 1 amide bonds. The Balaban J connectivity index is 1.41. The number of carbonyl (C=O) groups excluding carboxylic acids is 1. The lowest BCUT2D eigenvalue weighted by molar-refractivity contribution is -0.124. The summed E-state index contributed by atoms with van der Waals surface area (Å²) in [5.74, 6) is 1.70. The van der Waals surface area contributed by atoms with Crippen LogP contribution in [0.15, 0.2) is 0 Å². The zero-order chi connectivity index (χ0) is 18.4. The lowest BCUT2D eigenvalue weighted by Crippen LogP contribution is -2.50. The molecule has 5 heteroatoms. The molecule has 1 heterocycles. The van der Waals surface area contributed by atoms with Gasteiger partial charge in [0.25, 0.3) is 0 Å². The molecular formula is C21H39N3O2. The molecule has 5 nitrogen and oxygen atoms in total. The van der Waals surface area contributed by atoms with Gasteiger partial charge in [0.1, 0.15) is 0 Å². The summed E-state index contributed by atoms with van der Waals surface area (Å²) in [7, 11) is 0. The highest BCUT2D eigenvalue weighted by Gasteiger charge is 2.30. The fourth-order valence-corrected chi connectivity index (χ4v) is 4.48. The first-order valence-electron chi connectivity index (χ1n) is 10.9. The first-order chi connectivity index (χ1) is 12.6. The molecule has 0 aromatic rings. The molecule has 2 aliphatic carbocycles. The molecule has 0 aromatic heterocycles. The van der Waals surface area contributed by atoms with Crippen molar-refractivity contribution in [2.45, 2.75) is 70.9 Å². The number of amides is 1. The molecule has 1 aliphatic heterocycles. The van der Waals surface area contributed by atoms with Gasteiger partial charge in [-0.15, -0.1) is 0 Å². The Morgan fingerprint density at radius 1 is 1.19 bits per heavy atom. The molecule has 1 atom stereocenters. The van der Waals surface area contributed by atoms with Crippen molar-refractivity contribution in [1.82, 2.24) is 15.1 Å². The zero-order valence-electron chi connectivity index (χ0n) is 16.9. The molecule has 26 heavy (non-hydrogen) atoms. The molecule has 0 aromatic carbocycles. The molecule has 3 aliphatic rings. The molecule has 2 saturated carbocycles. The summed E-state index contributed by atoms with van der Waals surface area (Å²) in [5.41, 5.74) is 0. The fourth-order valence-electron chi connectivity index (χ4n) is 4.48. The van der Waals surface area contributed by atoms with Crippen molar-refractivity contribution < 1.29 is 9.53 Å². The third kappa shape index (κ3) is 6.82. The number of hydrogen-bond acceptors (Lipinski definition) is 4. The van der Waals surface area contributed by atoms with E-state index in [1.807, 2.05) is 0 Å². The summed E-state index contributed by atoms with van der Waals surface area (Å²) in [6, 6.07) is 0.627. The van der Waals surface area contributed by atoms with E-state index in [0.717, 1.165) is 38.7 Å². The third-order valence-corrected chi connectivity index (χ3v) is 6.00. The first-order valence-corrected chi connectivity index (χ1v) is 10.9. The summed E-state index contributed by atoms with van der Waals surface area (Å²) < 4.78 is 5.87. The molecule has 0 radical (unpaired) electrons. The molecule has 150 valence electrons. The van der Waals surface area contributed by atoms with Crippen LogP contribution in [0.2, 0.25) is 0 Å². The zero-order valence-corrected chi connectivity index (χ0v) is 16.9. The van der Waals surface area contributed by atoms with Gasteiger partial charge in [0.15, 0.2) is 0 Å². The van der Waals surface area contributed by atoms with Gasteiger partial charge in [-0.1, -0.05) is 33.1 Å². The maximum absolute atomic E-state index is 12.6. The van der Waals surface area contributed by atoms with Crippen LogP contribution in [0.25, 0.3) is 0 Å². The van der Waals surface area contributed by atoms with Gasteiger partial charge in [-0.3, -0.25) is 14.6 Å². The Labute approximate surface area is 159 Å². The second-order valence-electron chi connectivity index (χ2n) is 9.11. The summed E-state index contributed by atoms with van der Waals surface area (Å²) in [4.78, 5) is 17.5. The number of carbonyl (C=O) groups is 1. The Hall–Kier alpha value is -0.650. The van der Waals surface area contributed by atoms with Gasteiger partial charge in [0, 0.05) is 38.8 Å². The smallest absolute Gasteiger partial charge is 0.234 e. The van der Waals surface area contributed by atoms with E-state index in [1.54, 1.807) is 0 Å². The van der Waals surface area contributed by atoms with Crippen molar-refractivity contribution in [3.05, 3.63) is 0 Å². The van der Waals surface area contributed by atoms with Gasteiger partial charge in [-0.05, 0) is 37.5 Å². The number of morpholine rings is 1. The van der Waals surface area contributed by atoms with Crippen molar-refractivity contribution in [2.24, 2.45) is 11.8 Å². The van der Waals surface area contributed by atoms with E-state index in [0.29, 0.717) is 25.0 Å². The molecule has 1 saturated heterocycles. The van der Waals surface area contributed by atoms with Crippen molar-refractivity contribution in [1.29, 1.82) is 0 Å². The molecule has 1 unspecified atom stereocenters. The lowest BCUT2D eigenvalue weighted by atomic mass is 9.94. The van der Waals surface area contributed by atoms with Crippen molar-refractivity contribution in [3.63, 3.8) is 0 Å². The average Bonchev–Trinajstić information content (AvgIpc) is 3.44. The van der Waals surface area contributed by atoms with E-state index in [-0.39, 0.29) is 12.0 Å². The average molecular weight is 366 g/mol. The van der Waals surface area contributed by atoms with E-state index in [1.165, 1.54) is 44.9 Å². The second kappa shape index (κ2) is 10.0. The van der Waals surface area contributed by atoms with E-state index in [4.69, 9.17) is 4.74 Å². The fraction of sp³-hybridized carbons (Fsp3) is 0.952. The minimum absolute atomic E-state index is 0.137. The molecule has 0 bridgehead atoms. The summed E-state index contributed by atoms with van der Waals surface area (Å²) >= 11 is 0. The number of nitrogens with one attached hydrogen (secondary N) is 1. The maximum Gasteiger partial charge on any atom is 0.234 e. The van der Waals surface area contributed by atoms with Crippen LogP contribution in [-0.2, 0) is 9.53 Å². The number of hydrogen-bond donors (Lipinski definition) is 1. The highest BCUT2D eigenvalue weighted by Crippen LogP contribution is 2.32. The lowest BCUT2D eigenvalue weighted by Gasteiger charge is -2.35. The molecule has 0 spiro atoms. The predicted molar refractivity (Wildman–Crippen MR) is 105 cm³/mol. The summed E-state index contributed by atoms with van der Waals surface area (Å²) in [5, 5.41) is 3.16. The molecular weight excluding hydrogens is 326 g/mol. The van der Waals surface area contributed by atoms with E-state index < -0.39 is 0 Å². The van der Waals surface area contributed by atoms with Gasteiger partial charge >= 0.3 is 0 Å². The molecule has 1 N–H and O–H groups in total. The van der Waals surface area contributed by atoms with Crippen LogP contribution in [0.3, 0.4) is 0 Å². The van der Waals surface area contributed by atoms with Crippen molar-refractivity contribution >= 4 is 5.91 Å². The Kier molecular flexibility index (Phi) is 7.77. The largest absolute Gasteiger partial charge is 0.374 e. The van der Waals surface area contributed by atoms with Crippen LogP contribution < -0.4 is 5.32 Å². The molecule has 3 fully saturated rings. The number of ether oxygens (including phenoxy) is 1. The van der Waals surface area contributed by atoms with Gasteiger partial charge in [-0.25, -0.2) is 0 Å². The van der Waals surface area contributed by atoms with Crippen LogP contribution in [0, 0.1) is 11.8 Å². The topological polar surface area (TPSA) is 44.8 Å². The minimum atomic E-state index is 0.137. The quantitative estimate of drug-likeness (QED) is 0.682. The molecule has 3 rings (SSSR count). The highest BCUT2D eigenvalue weighted by atomic mass is 16.5. The highest BCUT2D eigenvalue weighted by molar-refractivity contribution is 5.78. The van der Waals surface area contributed by atoms with Crippen LogP contribution in [0.4, 0.5) is 0 Å². The van der Waals surface area contributed by atoms with Gasteiger partial charge in [-0.2, -0.15) is 0 Å². The van der Waals surface area contributed by atoms with E-state index in [9.17, 15) is 4.79 Å². The van der Waals surface area contributed by atoms with Crippen LogP contribution in [-0.4, -0.2) is 73.7 Å². The van der Waals surface area contributed by atoms with Crippen molar-refractivity contribution in [2.75, 3.05) is 45.9 Å². The monoisotopic (exact) mass is 365 g/mol. The van der Waals surface area contributed by atoms with Crippen LogP contribution >= 0.6 is 0 Å². The number of nitrogens with zero attached hydrogens (tertiary/aromatic N) is 2. The summed E-state index contributed by atoms with van der Waals surface area (Å²) in [6.45, 7) is 10.7. The van der Waals surface area contributed by atoms with Gasteiger partial charge in [0.05, 0.1) is 19.3 Å². The first kappa shape index (κ1) is 20.1. The van der Waals surface area contributed by atoms with Gasteiger partial charge in [0.2, 0.25) is 5.91 Å². The Morgan fingerprint density at radius 2 is 1.96 bits per heavy atom. The van der Waals surface area contributed by atoms with E-state index in [2.05, 4.69) is 29.0 Å². The van der Waals surface area contributed by atoms with Crippen molar-refractivity contribution in [3.8, 4) is 0 Å². The standard InChI is InChI=1S/C21H39N3O2/c1-17(2)13-23-10-11-26-20(15-23)12-22-21(25)16-24(14-18-8-9-18)19-6-4-3-5-7-19/h17-20H,3-16H2,1-2H3,(H,22,25). The Bertz CT molecular complexity index is 433. The van der Waals surface area contributed by atoms with Crippen LogP contribution in [0.1, 0.15) is 58.8 Å².